The molecule has 122 valence electrons. The van der Waals surface area contributed by atoms with Gasteiger partial charge in [0.1, 0.15) is 12.3 Å². The maximum absolute atomic E-state index is 12.0. The minimum Gasteiger partial charge on any atom is -0.441 e. The SMILES string of the molecule is Cc1nc(-c2ccc(NC(=O)Cn3cccnc3=O)cc2)oc1C. The normalized spacial score (nSPS) is 10.6. The number of carbonyl (C=O) groups excluding carboxylic acids is 1. The monoisotopic (exact) mass is 324 g/mol. The number of aromatic nitrogens is 3. The first-order valence-corrected chi connectivity index (χ1v) is 7.39. The topological polar surface area (TPSA) is 90.0 Å². The Morgan fingerprint density at radius 2 is 2.00 bits per heavy atom. The van der Waals surface area contributed by atoms with E-state index in [1.807, 2.05) is 26.0 Å². The van der Waals surface area contributed by atoms with Gasteiger partial charge in [-0.1, -0.05) is 0 Å². The average molecular weight is 324 g/mol. The molecule has 0 aliphatic heterocycles. The largest absolute Gasteiger partial charge is 0.441 e. The quantitative estimate of drug-likeness (QED) is 0.794. The Bertz CT molecular complexity index is 906. The van der Waals surface area contributed by atoms with Crippen molar-refractivity contribution in [2.75, 3.05) is 5.32 Å². The summed E-state index contributed by atoms with van der Waals surface area (Å²) in [6, 6.07) is 8.75. The second-order valence-electron chi connectivity index (χ2n) is 5.32. The maximum Gasteiger partial charge on any atom is 0.347 e. The number of hydrogen-bond donors (Lipinski definition) is 1. The molecule has 2 aromatic heterocycles. The minimum absolute atomic E-state index is 0.0907. The van der Waals surface area contributed by atoms with E-state index in [1.54, 1.807) is 18.2 Å². The minimum atomic E-state index is -0.461. The van der Waals surface area contributed by atoms with Crippen LogP contribution < -0.4 is 11.0 Å². The molecule has 7 nitrogen and oxygen atoms in total. The second kappa shape index (κ2) is 6.49. The Morgan fingerprint density at radius 3 is 2.62 bits per heavy atom. The third-order valence-electron chi connectivity index (χ3n) is 3.54. The van der Waals surface area contributed by atoms with Crippen LogP contribution in [0.2, 0.25) is 0 Å². The number of nitrogens with one attached hydrogen (secondary N) is 1. The van der Waals surface area contributed by atoms with Crippen LogP contribution in [0.25, 0.3) is 11.5 Å². The van der Waals surface area contributed by atoms with Crippen molar-refractivity contribution in [3.8, 4) is 11.5 Å². The Labute approximate surface area is 138 Å². The lowest BCUT2D eigenvalue weighted by molar-refractivity contribution is -0.116. The summed E-state index contributed by atoms with van der Waals surface area (Å²) < 4.78 is 6.81. The number of nitrogens with zero attached hydrogens (tertiary/aromatic N) is 3. The van der Waals surface area contributed by atoms with Crippen molar-refractivity contribution in [2.24, 2.45) is 0 Å². The van der Waals surface area contributed by atoms with E-state index in [4.69, 9.17) is 4.42 Å². The van der Waals surface area contributed by atoms with Crippen molar-refractivity contribution in [3.63, 3.8) is 0 Å². The van der Waals surface area contributed by atoms with E-state index in [0.29, 0.717) is 11.6 Å². The summed E-state index contributed by atoms with van der Waals surface area (Å²) in [5.74, 6) is 1.02. The number of rotatable bonds is 4. The average Bonchev–Trinajstić information content (AvgIpc) is 2.89. The molecular formula is C17H16N4O3. The Balaban J connectivity index is 1.69. The lowest BCUT2D eigenvalue weighted by atomic mass is 10.2. The van der Waals surface area contributed by atoms with Crippen LogP contribution in [0.5, 0.6) is 0 Å². The number of carbonyl (C=O) groups is 1. The van der Waals surface area contributed by atoms with Crippen LogP contribution in [0.3, 0.4) is 0 Å². The third kappa shape index (κ3) is 3.40. The van der Waals surface area contributed by atoms with Gasteiger partial charge >= 0.3 is 5.69 Å². The summed E-state index contributed by atoms with van der Waals surface area (Å²) in [5.41, 5.74) is 1.84. The Hall–Kier alpha value is -3.22. The van der Waals surface area contributed by atoms with Gasteiger partial charge in [-0.05, 0) is 44.2 Å². The van der Waals surface area contributed by atoms with Crippen molar-refractivity contribution < 1.29 is 9.21 Å². The van der Waals surface area contributed by atoms with Gasteiger partial charge in [-0.25, -0.2) is 14.8 Å². The van der Waals surface area contributed by atoms with E-state index in [1.165, 1.54) is 17.0 Å². The van der Waals surface area contributed by atoms with Gasteiger partial charge < -0.3 is 9.73 Å². The van der Waals surface area contributed by atoms with E-state index in [-0.39, 0.29) is 12.5 Å². The highest BCUT2D eigenvalue weighted by Crippen LogP contribution is 2.22. The van der Waals surface area contributed by atoms with Gasteiger partial charge in [0, 0.05) is 23.6 Å². The lowest BCUT2D eigenvalue weighted by Crippen LogP contribution is -2.28. The smallest absolute Gasteiger partial charge is 0.347 e. The van der Waals surface area contributed by atoms with E-state index < -0.39 is 5.69 Å². The van der Waals surface area contributed by atoms with Gasteiger partial charge in [0.05, 0.1) is 5.69 Å². The van der Waals surface area contributed by atoms with E-state index >= 15 is 0 Å². The van der Waals surface area contributed by atoms with Crippen molar-refractivity contribution in [3.05, 3.63) is 64.7 Å². The zero-order valence-corrected chi connectivity index (χ0v) is 13.3. The first-order chi connectivity index (χ1) is 11.5. The van der Waals surface area contributed by atoms with E-state index in [9.17, 15) is 9.59 Å². The van der Waals surface area contributed by atoms with Gasteiger partial charge in [0.25, 0.3) is 0 Å². The molecule has 0 aliphatic rings. The van der Waals surface area contributed by atoms with E-state index in [2.05, 4.69) is 15.3 Å². The maximum atomic E-state index is 12.0. The number of hydrogen-bond acceptors (Lipinski definition) is 5. The summed E-state index contributed by atoms with van der Waals surface area (Å²) >= 11 is 0. The van der Waals surface area contributed by atoms with Crippen molar-refractivity contribution in [2.45, 2.75) is 20.4 Å². The summed E-state index contributed by atoms with van der Waals surface area (Å²) in [5, 5.41) is 2.74. The Kier molecular flexibility index (Phi) is 4.24. The second-order valence-corrected chi connectivity index (χ2v) is 5.32. The molecule has 0 fully saturated rings. The molecule has 0 bridgehead atoms. The third-order valence-corrected chi connectivity index (χ3v) is 3.54. The number of aryl methyl sites for hydroxylation is 2. The number of benzene rings is 1. The summed E-state index contributed by atoms with van der Waals surface area (Å²) in [7, 11) is 0. The van der Waals surface area contributed by atoms with Crippen LogP contribution >= 0.6 is 0 Å². The molecule has 1 amide bonds. The number of oxazole rings is 1. The number of amides is 1. The molecule has 0 unspecified atom stereocenters. The predicted octanol–water partition coefficient (Wildman–Crippen LogP) is 2.15. The molecular weight excluding hydrogens is 308 g/mol. The molecule has 7 heteroatoms. The van der Waals surface area contributed by atoms with Gasteiger partial charge in [-0.2, -0.15) is 0 Å². The highest BCUT2D eigenvalue weighted by atomic mass is 16.4. The molecule has 0 atom stereocenters. The van der Waals surface area contributed by atoms with Crippen molar-refractivity contribution in [1.29, 1.82) is 0 Å². The van der Waals surface area contributed by atoms with Crippen LogP contribution in [0.4, 0.5) is 5.69 Å². The standard InChI is InChI=1S/C17H16N4O3/c1-11-12(2)24-16(19-11)13-4-6-14(7-5-13)20-15(22)10-21-9-3-8-18-17(21)23/h3-9H,10H2,1-2H3,(H,20,22). The highest BCUT2D eigenvalue weighted by molar-refractivity contribution is 5.90. The van der Waals surface area contributed by atoms with Gasteiger partial charge in [0.15, 0.2) is 0 Å². The fourth-order valence-corrected chi connectivity index (χ4v) is 2.16. The molecule has 2 heterocycles. The van der Waals surface area contributed by atoms with Crippen LogP contribution in [-0.4, -0.2) is 20.4 Å². The molecule has 0 spiro atoms. The first-order valence-electron chi connectivity index (χ1n) is 7.39. The summed E-state index contributed by atoms with van der Waals surface area (Å²) in [6.45, 7) is 3.66. The molecule has 1 N–H and O–H groups in total. The fourth-order valence-electron chi connectivity index (χ4n) is 2.16. The molecule has 3 aromatic rings. The van der Waals surface area contributed by atoms with Crippen LogP contribution in [0, 0.1) is 13.8 Å². The lowest BCUT2D eigenvalue weighted by Gasteiger charge is -2.07. The number of anilines is 1. The highest BCUT2D eigenvalue weighted by Gasteiger charge is 2.09. The molecule has 0 radical (unpaired) electrons. The van der Waals surface area contributed by atoms with Crippen LogP contribution in [-0.2, 0) is 11.3 Å². The van der Waals surface area contributed by atoms with Gasteiger partial charge in [-0.15, -0.1) is 0 Å². The summed E-state index contributed by atoms with van der Waals surface area (Å²) in [4.78, 5) is 31.4. The van der Waals surface area contributed by atoms with Gasteiger partial charge in [0.2, 0.25) is 11.8 Å². The molecule has 3 rings (SSSR count). The first kappa shape index (κ1) is 15.7. The fraction of sp³-hybridized carbons (Fsp3) is 0.176. The Morgan fingerprint density at radius 1 is 1.25 bits per heavy atom. The zero-order valence-electron chi connectivity index (χ0n) is 13.3. The van der Waals surface area contributed by atoms with E-state index in [0.717, 1.165) is 17.0 Å². The molecule has 0 saturated carbocycles. The molecule has 1 aromatic carbocycles. The predicted molar refractivity (Wildman–Crippen MR) is 88.5 cm³/mol. The zero-order chi connectivity index (χ0) is 17.1. The van der Waals surface area contributed by atoms with Crippen molar-refractivity contribution >= 4 is 11.6 Å². The molecule has 24 heavy (non-hydrogen) atoms. The van der Waals surface area contributed by atoms with Crippen molar-refractivity contribution in [1.82, 2.24) is 14.5 Å². The van der Waals surface area contributed by atoms with Crippen LogP contribution in [0.1, 0.15) is 11.5 Å². The molecule has 0 aliphatic carbocycles. The van der Waals surface area contributed by atoms with Crippen LogP contribution in [0.15, 0.2) is 51.9 Å². The summed E-state index contributed by atoms with van der Waals surface area (Å²) in [6.07, 6.45) is 2.91. The molecule has 0 saturated heterocycles. The van der Waals surface area contributed by atoms with Gasteiger partial charge in [-0.3, -0.25) is 9.36 Å².